The lowest BCUT2D eigenvalue weighted by Crippen LogP contribution is -2.28. The standard InChI is InChI=1S/C5H7NO6S/c1-12-6-4(7)2-3(5(6)8)13(9,10)11/h3H,2H2,1H3,(H,9,10,11)/p+1. The average Bonchev–Trinajstić information content (AvgIpc) is 2.25. The Morgan fingerprint density at radius 1 is 1.62 bits per heavy atom. The number of hydrogen-bond donors (Lipinski definition) is 2. The minimum atomic E-state index is -4.46. The molecule has 1 rings (SSSR count). The van der Waals surface area contributed by atoms with E-state index in [1.54, 1.807) is 0 Å². The van der Waals surface area contributed by atoms with Gasteiger partial charge in [-0.05, 0) is 0 Å². The van der Waals surface area contributed by atoms with Gasteiger partial charge in [-0.3, -0.25) is 9.39 Å². The van der Waals surface area contributed by atoms with Gasteiger partial charge >= 0.3 is 11.8 Å². The summed E-state index contributed by atoms with van der Waals surface area (Å²) in [6, 6.07) is 0. The molecule has 0 radical (unpaired) electrons. The van der Waals surface area contributed by atoms with E-state index in [9.17, 15) is 13.2 Å². The van der Waals surface area contributed by atoms with E-state index in [1.807, 2.05) is 0 Å². The summed E-state index contributed by atoms with van der Waals surface area (Å²) in [5, 5.41) is 7.50. The average molecular weight is 210 g/mol. The highest BCUT2D eigenvalue weighted by molar-refractivity contribution is 7.87. The van der Waals surface area contributed by atoms with Crippen molar-refractivity contribution in [3.63, 3.8) is 0 Å². The van der Waals surface area contributed by atoms with Crippen LogP contribution in [0.1, 0.15) is 6.42 Å². The lowest BCUT2D eigenvalue weighted by atomic mass is 10.3. The maximum atomic E-state index is 10.9. The van der Waals surface area contributed by atoms with Gasteiger partial charge in [-0.25, -0.2) is 4.79 Å². The van der Waals surface area contributed by atoms with Crippen LogP contribution in [0.5, 0.6) is 0 Å². The van der Waals surface area contributed by atoms with Gasteiger partial charge in [0.05, 0.1) is 4.74 Å². The normalized spacial score (nSPS) is 23.8. The van der Waals surface area contributed by atoms with Crippen molar-refractivity contribution in [2.75, 3.05) is 7.11 Å². The predicted molar refractivity (Wildman–Crippen MR) is 39.9 cm³/mol. The van der Waals surface area contributed by atoms with Crippen LogP contribution < -0.4 is 0 Å². The van der Waals surface area contributed by atoms with Crippen LogP contribution in [-0.2, 0) is 19.8 Å². The van der Waals surface area contributed by atoms with Gasteiger partial charge in [0.15, 0.2) is 0 Å². The number of carbonyl (C=O) groups is 1. The van der Waals surface area contributed by atoms with E-state index in [0.29, 0.717) is 4.74 Å². The third kappa shape index (κ3) is 1.63. The molecule has 0 spiro atoms. The quantitative estimate of drug-likeness (QED) is 0.434. The Kier molecular flexibility index (Phi) is 2.26. The third-order valence-electron chi connectivity index (χ3n) is 1.62. The monoisotopic (exact) mass is 210 g/mol. The topological polar surface area (TPSA) is 104 Å². The van der Waals surface area contributed by atoms with Crippen molar-refractivity contribution < 1.29 is 32.4 Å². The Morgan fingerprint density at radius 3 is 2.38 bits per heavy atom. The minimum Gasteiger partial charge on any atom is -0.459 e. The van der Waals surface area contributed by atoms with Gasteiger partial charge in [0, 0.05) is 0 Å². The lowest BCUT2D eigenvalue weighted by molar-refractivity contribution is -0.714. The van der Waals surface area contributed by atoms with E-state index >= 15 is 0 Å². The second-order valence-corrected chi connectivity index (χ2v) is 4.04. The third-order valence-corrected chi connectivity index (χ3v) is 2.72. The summed E-state index contributed by atoms with van der Waals surface area (Å²) in [5.41, 5.74) is 0. The number of hydrogen-bond acceptors (Lipinski definition) is 4. The molecular weight excluding hydrogens is 202 g/mol. The zero-order valence-electron chi connectivity index (χ0n) is 6.67. The van der Waals surface area contributed by atoms with Crippen molar-refractivity contribution >= 4 is 21.9 Å². The fourth-order valence-electron chi connectivity index (χ4n) is 1.03. The molecule has 1 amide bonds. The summed E-state index contributed by atoms with van der Waals surface area (Å²) < 4.78 is 30.2. The van der Waals surface area contributed by atoms with Gasteiger partial charge in [-0.1, -0.05) is 0 Å². The van der Waals surface area contributed by atoms with E-state index in [2.05, 4.69) is 4.84 Å². The molecule has 1 unspecified atom stereocenters. The molecule has 74 valence electrons. The van der Waals surface area contributed by atoms with Gasteiger partial charge in [0.25, 0.3) is 10.1 Å². The van der Waals surface area contributed by atoms with Crippen LogP contribution in [0.15, 0.2) is 0 Å². The maximum absolute atomic E-state index is 10.9. The summed E-state index contributed by atoms with van der Waals surface area (Å²) in [6.07, 6.45) is -0.515. The Hall–Kier alpha value is -1.15. The molecular formula is C5H8NO6S+. The first-order valence-electron chi connectivity index (χ1n) is 3.27. The first-order chi connectivity index (χ1) is 5.88. The Balaban J connectivity index is 3.12. The minimum absolute atomic E-state index is 0.429. The SMILES string of the molecule is CO[N+]1=C(O)C(S(=O)(=O)O)CC1=O. The fourth-order valence-corrected chi connectivity index (χ4v) is 1.74. The molecule has 1 aliphatic rings. The van der Waals surface area contributed by atoms with Crippen LogP contribution >= 0.6 is 0 Å². The van der Waals surface area contributed by atoms with Crippen molar-refractivity contribution in [2.45, 2.75) is 11.7 Å². The summed E-state index contributed by atoms with van der Waals surface area (Å²) in [5.74, 6) is -1.53. The summed E-state index contributed by atoms with van der Waals surface area (Å²) in [6.45, 7) is 0. The van der Waals surface area contributed by atoms with Crippen LogP contribution in [0.3, 0.4) is 0 Å². The molecule has 2 N–H and O–H groups in total. The number of amides is 1. The van der Waals surface area contributed by atoms with Gasteiger partial charge < -0.3 is 5.11 Å². The van der Waals surface area contributed by atoms with Gasteiger partial charge in [-0.2, -0.15) is 8.42 Å². The second-order valence-electron chi connectivity index (χ2n) is 2.44. The molecule has 1 atom stereocenters. The highest BCUT2D eigenvalue weighted by Crippen LogP contribution is 2.13. The Morgan fingerprint density at radius 2 is 2.15 bits per heavy atom. The number of hydroxylamine groups is 1. The van der Waals surface area contributed by atoms with Crippen LogP contribution in [-0.4, -0.2) is 47.0 Å². The van der Waals surface area contributed by atoms with Crippen molar-refractivity contribution in [2.24, 2.45) is 0 Å². The van der Waals surface area contributed by atoms with Crippen LogP contribution in [0.4, 0.5) is 0 Å². The van der Waals surface area contributed by atoms with Gasteiger partial charge in [0.2, 0.25) is 5.25 Å². The number of rotatable bonds is 2. The highest BCUT2D eigenvalue weighted by Gasteiger charge is 2.50. The van der Waals surface area contributed by atoms with Gasteiger partial charge in [0.1, 0.15) is 13.5 Å². The molecule has 0 aliphatic carbocycles. The smallest absolute Gasteiger partial charge is 0.440 e. The highest BCUT2D eigenvalue weighted by atomic mass is 32.2. The van der Waals surface area contributed by atoms with Crippen LogP contribution in [0, 0.1) is 0 Å². The molecule has 1 heterocycles. The van der Waals surface area contributed by atoms with Crippen molar-refractivity contribution in [3.05, 3.63) is 0 Å². The molecule has 0 aromatic heterocycles. The molecule has 0 aromatic rings. The maximum Gasteiger partial charge on any atom is 0.440 e. The molecule has 7 nitrogen and oxygen atoms in total. The molecule has 13 heavy (non-hydrogen) atoms. The number of nitrogens with zero attached hydrogens (tertiary/aromatic N) is 1. The molecule has 0 fully saturated rings. The molecule has 0 saturated heterocycles. The van der Waals surface area contributed by atoms with Crippen LogP contribution in [0.25, 0.3) is 0 Å². The fraction of sp³-hybridized carbons (Fsp3) is 0.600. The van der Waals surface area contributed by atoms with Crippen LogP contribution in [0.2, 0.25) is 0 Å². The Bertz CT molecular complexity index is 368. The zero-order valence-corrected chi connectivity index (χ0v) is 7.48. The molecule has 0 saturated carbocycles. The lowest BCUT2D eigenvalue weighted by Gasteiger charge is -1.96. The zero-order chi connectivity index (χ0) is 10.2. The second kappa shape index (κ2) is 2.96. The van der Waals surface area contributed by atoms with Crippen molar-refractivity contribution in [1.82, 2.24) is 0 Å². The first kappa shape index (κ1) is 9.93. The molecule has 0 aromatic carbocycles. The number of carbonyl (C=O) groups excluding carboxylic acids is 1. The van der Waals surface area contributed by atoms with Crippen molar-refractivity contribution in [3.8, 4) is 0 Å². The van der Waals surface area contributed by atoms with Crippen molar-refractivity contribution in [1.29, 1.82) is 0 Å². The number of aliphatic hydroxyl groups is 1. The molecule has 1 aliphatic heterocycles. The Labute approximate surface area is 74.0 Å². The van der Waals surface area contributed by atoms with Gasteiger partial charge in [-0.15, -0.1) is 0 Å². The molecule has 0 bridgehead atoms. The number of aliphatic hydroxyl groups excluding tert-OH is 1. The van der Waals surface area contributed by atoms with E-state index in [-0.39, 0.29) is 0 Å². The summed E-state index contributed by atoms with van der Waals surface area (Å²) in [4.78, 5) is 15.3. The molecule has 8 heteroatoms. The summed E-state index contributed by atoms with van der Waals surface area (Å²) in [7, 11) is -3.36. The van der Waals surface area contributed by atoms with E-state index in [4.69, 9.17) is 9.66 Å². The summed E-state index contributed by atoms with van der Waals surface area (Å²) >= 11 is 0. The van der Waals surface area contributed by atoms with E-state index < -0.39 is 33.6 Å². The predicted octanol–water partition coefficient (Wildman–Crippen LogP) is -1.30. The van der Waals surface area contributed by atoms with E-state index in [0.717, 1.165) is 7.11 Å². The van der Waals surface area contributed by atoms with E-state index in [1.165, 1.54) is 0 Å². The first-order valence-corrected chi connectivity index (χ1v) is 4.77. The largest absolute Gasteiger partial charge is 0.459 e.